The number of carbonyl (C=O) groups excluding carboxylic acids is 1. The lowest BCUT2D eigenvalue weighted by atomic mass is 9.88. The predicted molar refractivity (Wildman–Crippen MR) is 130 cm³/mol. The van der Waals surface area contributed by atoms with Crippen LogP contribution in [0.3, 0.4) is 0 Å². The van der Waals surface area contributed by atoms with Crippen molar-refractivity contribution in [3.05, 3.63) is 101 Å². The van der Waals surface area contributed by atoms with E-state index in [4.69, 9.17) is 4.74 Å². The van der Waals surface area contributed by atoms with E-state index in [1.54, 1.807) is 6.07 Å². The SMILES string of the molecule is C[C@H]1CNC[C@@H](CCc2c(F)cccc2NC(=O)C[C@@H](c2ccc(F)cc2)c2cc(F)cc(F)c2)O1. The van der Waals surface area contributed by atoms with E-state index in [0.717, 1.165) is 24.7 Å². The fourth-order valence-corrected chi connectivity index (χ4v) is 4.56. The first-order chi connectivity index (χ1) is 17.3. The molecule has 0 aliphatic carbocycles. The monoisotopic (exact) mass is 500 g/mol. The van der Waals surface area contributed by atoms with Gasteiger partial charge in [-0.1, -0.05) is 18.2 Å². The minimum Gasteiger partial charge on any atom is -0.373 e. The van der Waals surface area contributed by atoms with Crippen LogP contribution in [0, 0.1) is 23.3 Å². The first-order valence-corrected chi connectivity index (χ1v) is 11.9. The van der Waals surface area contributed by atoms with Crippen molar-refractivity contribution in [1.82, 2.24) is 5.32 Å². The summed E-state index contributed by atoms with van der Waals surface area (Å²) < 4.78 is 62.0. The summed E-state index contributed by atoms with van der Waals surface area (Å²) in [7, 11) is 0. The van der Waals surface area contributed by atoms with Crippen molar-refractivity contribution in [3.8, 4) is 0 Å². The van der Waals surface area contributed by atoms with Crippen LogP contribution < -0.4 is 10.6 Å². The Hall–Kier alpha value is -3.23. The summed E-state index contributed by atoms with van der Waals surface area (Å²) in [6.07, 6.45) is 0.750. The molecule has 0 unspecified atom stereocenters. The maximum absolute atomic E-state index is 14.7. The summed E-state index contributed by atoms with van der Waals surface area (Å²) in [6.45, 7) is 3.40. The van der Waals surface area contributed by atoms with Gasteiger partial charge in [0.25, 0.3) is 0 Å². The Morgan fingerprint density at radius 3 is 2.39 bits per heavy atom. The average molecular weight is 501 g/mol. The van der Waals surface area contributed by atoms with Gasteiger partial charge in [0.2, 0.25) is 5.91 Å². The van der Waals surface area contributed by atoms with Crippen molar-refractivity contribution in [2.24, 2.45) is 0 Å². The molecule has 36 heavy (non-hydrogen) atoms. The molecular formula is C28H28F4N2O2. The van der Waals surface area contributed by atoms with Gasteiger partial charge in [-0.2, -0.15) is 0 Å². The topological polar surface area (TPSA) is 50.4 Å². The molecule has 1 amide bonds. The average Bonchev–Trinajstić information content (AvgIpc) is 2.82. The van der Waals surface area contributed by atoms with Crippen molar-refractivity contribution in [2.75, 3.05) is 18.4 Å². The van der Waals surface area contributed by atoms with E-state index in [2.05, 4.69) is 10.6 Å². The van der Waals surface area contributed by atoms with Gasteiger partial charge < -0.3 is 15.4 Å². The van der Waals surface area contributed by atoms with E-state index in [1.165, 1.54) is 36.4 Å². The van der Waals surface area contributed by atoms with Gasteiger partial charge in [0, 0.05) is 42.7 Å². The lowest BCUT2D eigenvalue weighted by Crippen LogP contribution is -2.43. The molecule has 8 heteroatoms. The molecule has 0 bridgehead atoms. The van der Waals surface area contributed by atoms with Crippen LogP contribution in [0.25, 0.3) is 0 Å². The zero-order chi connectivity index (χ0) is 25.7. The number of morpholine rings is 1. The van der Waals surface area contributed by atoms with Crippen LogP contribution in [0.2, 0.25) is 0 Å². The van der Waals surface area contributed by atoms with Gasteiger partial charge >= 0.3 is 0 Å². The highest BCUT2D eigenvalue weighted by Gasteiger charge is 2.23. The molecule has 3 aromatic rings. The summed E-state index contributed by atoms with van der Waals surface area (Å²) in [5.74, 6) is -3.67. The Bertz CT molecular complexity index is 1180. The van der Waals surface area contributed by atoms with E-state index in [0.29, 0.717) is 36.2 Å². The van der Waals surface area contributed by atoms with Gasteiger partial charge in [0.05, 0.1) is 12.2 Å². The molecule has 4 rings (SSSR count). The normalized spacial score (nSPS) is 18.6. The summed E-state index contributed by atoms with van der Waals surface area (Å²) in [4.78, 5) is 13.1. The fraction of sp³-hybridized carbons (Fsp3) is 0.321. The Morgan fingerprint density at radius 1 is 0.972 bits per heavy atom. The molecule has 1 aliphatic rings. The molecule has 3 aromatic carbocycles. The zero-order valence-electron chi connectivity index (χ0n) is 19.9. The second kappa shape index (κ2) is 11.7. The molecule has 3 atom stereocenters. The molecular weight excluding hydrogens is 472 g/mol. The number of rotatable bonds is 8. The van der Waals surface area contributed by atoms with E-state index < -0.39 is 35.1 Å². The largest absolute Gasteiger partial charge is 0.373 e. The summed E-state index contributed by atoms with van der Waals surface area (Å²) in [6, 6.07) is 12.9. The third-order valence-electron chi connectivity index (χ3n) is 6.29. The van der Waals surface area contributed by atoms with Crippen LogP contribution in [0.15, 0.2) is 60.7 Å². The number of hydrogen-bond donors (Lipinski definition) is 2. The zero-order valence-corrected chi connectivity index (χ0v) is 19.9. The molecule has 190 valence electrons. The molecule has 1 aliphatic heterocycles. The van der Waals surface area contributed by atoms with Crippen LogP contribution >= 0.6 is 0 Å². The van der Waals surface area contributed by atoms with Crippen molar-refractivity contribution in [3.63, 3.8) is 0 Å². The first-order valence-electron chi connectivity index (χ1n) is 11.9. The Kier molecular flexibility index (Phi) is 8.38. The molecule has 1 saturated heterocycles. The number of halogens is 4. The fourth-order valence-electron chi connectivity index (χ4n) is 4.56. The number of nitrogens with one attached hydrogen (secondary N) is 2. The summed E-state index contributed by atoms with van der Waals surface area (Å²) >= 11 is 0. The molecule has 1 fully saturated rings. The number of benzene rings is 3. The van der Waals surface area contributed by atoms with Gasteiger partial charge in [0.15, 0.2) is 0 Å². The number of carbonyl (C=O) groups is 1. The highest BCUT2D eigenvalue weighted by molar-refractivity contribution is 5.92. The number of anilines is 1. The van der Waals surface area contributed by atoms with Gasteiger partial charge in [-0.3, -0.25) is 4.79 Å². The quantitative estimate of drug-likeness (QED) is 0.390. The Balaban J connectivity index is 1.53. The minimum absolute atomic E-state index is 0.0670. The molecule has 0 spiro atoms. The van der Waals surface area contributed by atoms with Crippen LogP contribution in [0.5, 0.6) is 0 Å². The summed E-state index contributed by atoms with van der Waals surface area (Å²) in [5.41, 5.74) is 1.46. The van der Waals surface area contributed by atoms with Crippen LogP contribution in [-0.2, 0) is 16.0 Å². The minimum atomic E-state index is -0.779. The van der Waals surface area contributed by atoms with Gasteiger partial charge in [-0.15, -0.1) is 0 Å². The second-order valence-electron chi connectivity index (χ2n) is 9.09. The van der Waals surface area contributed by atoms with Crippen LogP contribution in [0.4, 0.5) is 23.2 Å². The Labute approximate surface area is 207 Å². The number of amides is 1. The molecule has 1 heterocycles. The molecule has 4 nitrogen and oxygen atoms in total. The predicted octanol–water partition coefficient (Wildman–Crippen LogP) is 5.71. The van der Waals surface area contributed by atoms with Gasteiger partial charge in [-0.25, -0.2) is 17.6 Å². The van der Waals surface area contributed by atoms with Crippen LogP contribution in [0.1, 0.15) is 42.4 Å². The number of ether oxygens (including phenoxy) is 1. The smallest absolute Gasteiger partial charge is 0.225 e. The Morgan fingerprint density at radius 2 is 1.69 bits per heavy atom. The molecule has 0 saturated carbocycles. The first kappa shape index (κ1) is 25.9. The van der Waals surface area contributed by atoms with E-state index in [9.17, 15) is 22.4 Å². The van der Waals surface area contributed by atoms with Crippen LogP contribution in [-0.4, -0.2) is 31.2 Å². The molecule has 0 radical (unpaired) electrons. The second-order valence-corrected chi connectivity index (χ2v) is 9.09. The third kappa shape index (κ3) is 6.71. The highest BCUT2D eigenvalue weighted by atomic mass is 19.1. The molecule has 0 aromatic heterocycles. The maximum atomic E-state index is 14.7. The standard InChI is InChI=1S/C28H28F4N2O2/c1-17-15-33-16-23(36-17)9-10-24-26(32)3-2-4-27(24)34-28(35)14-25(18-5-7-20(29)8-6-18)19-11-21(30)13-22(31)12-19/h2-8,11-13,17,23,25,33H,9-10,14-16H2,1H3,(H,34,35)/t17-,23+,25-/m0/s1. The van der Waals surface area contributed by atoms with Gasteiger partial charge in [-0.05, 0) is 67.3 Å². The lowest BCUT2D eigenvalue weighted by molar-refractivity contribution is -0.116. The van der Waals surface area contributed by atoms with E-state index in [-0.39, 0.29) is 24.2 Å². The third-order valence-corrected chi connectivity index (χ3v) is 6.29. The van der Waals surface area contributed by atoms with E-state index in [1.807, 2.05) is 6.92 Å². The number of hydrogen-bond acceptors (Lipinski definition) is 3. The van der Waals surface area contributed by atoms with Crippen molar-refractivity contribution >= 4 is 11.6 Å². The lowest BCUT2D eigenvalue weighted by Gasteiger charge is -2.29. The van der Waals surface area contributed by atoms with Crippen molar-refractivity contribution in [1.29, 1.82) is 0 Å². The maximum Gasteiger partial charge on any atom is 0.225 e. The van der Waals surface area contributed by atoms with Gasteiger partial charge in [0.1, 0.15) is 23.3 Å². The highest BCUT2D eigenvalue weighted by Crippen LogP contribution is 2.31. The molecule has 2 N–H and O–H groups in total. The van der Waals surface area contributed by atoms with Crippen molar-refractivity contribution < 1.29 is 27.1 Å². The van der Waals surface area contributed by atoms with E-state index >= 15 is 0 Å². The van der Waals surface area contributed by atoms with Crippen molar-refractivity contribution in [2.45, 2.75) is 44.3 Å². The summed E-state index contributed by atoms with van der Waals surface area (Å²) in [5, 5.41) is 6.04.